The second kappa shape index (κ2) is 5.67. The maximum Gasteiger partial charge on any atom is 0.416 e. The Kier molecular flexibility index (Phi) is 4.51. The molecule has 0 aliphatic carbocycles. The van der Waals surface area contributed by atoms with Gasteiger partial charge in [-0.25, -0.2) is 0 Å². The Labute approximate surface area is 96.1 Å². The SMILES string of the molecule is COCC(=O)COc1ccc(C(F)(F)F)cc1. The highest BCUT2D eigenvalue weighted by Gasteiger charge is 2.29. The van der Waals surface area contributed by atoms with E-state index in [-0.39, 0.29) is 24.7 Å². The van der Waals surface area contributed by atoms with Gasteiger partial charge in [-0.3, -0.25) is 4.79 Å². The average molecular weight is 248 g/mol. The second-order valence-electron chi connectivity index (χ2n) is 3.28. The number of hydrogen-bond donors (Lipinski definition) is 0. The van der Waals surface area contributed by atoms with Gasteiger partial charge in [0.1, 0.15) is 19.0 Å². The minimum Gasteiger partial charge on any atom is -0.486 e. The fourth-order valence-electron chi connectivity index (χ4n) is 1.11. The predicted molar refractivity (Wildman–Crippen MR) is 53.8 cm³/mol. The molecule has 0 unspecified atom stereocenters. The summed E-state index contributed by atoms with van der Waals surface area (Å²) >= 11 is 0. The van der Waals surface area contributed by atoms with Crippen molar-refractivity contribution in [3.8, 4) is 5.75 Å². The Morgan fingerprint density at radius 3 is 2.24 bits per heavy atom. The van der Waals surface area contributed by atoms with E-state index in [0.29, 0.717) is 0 Å². The number of ether oxygens (including phenoxy) is 2. The van der Waals surface area contributed by atoms with E-state index in [1.54, 1.807) is 0 Å². The van der Waals surface area contributed by atoms with E-state index in [1.165, 1.54) is 19.2 Å². The van der Waals surface area contributed by atoms with Crippen LogP contribution >= 0.6 is 0 Å². The van der Waals surface area contributed by atoms with Crippen LogP contribution in [-0.4, -0.2) is 26.1 Å². The third kappa shape index (κ3) is 4.44. The summed E-state index contributed by atoms with van der Waals surface area (Å²) in [5.74, 6) is -0.0742. The Hall–Kier alpha value is -1.56. The largest absolute Gasteiger partial charge is 0.486 e. The van der Waals surface area contributed by atoms with Crippen molar-refractivity contribution in [2.45, 2.75) is 6.18 Å². The van der Waals surface area contributed by atoms with Gasteiger partial charge in [0, 0.05) is 7.11 Å². The summed E-state index contributed by atoms with van der Waals surface area (Å²) in [6, 6.07) is 4.14. The van der Waals surface area contributed by atoms with E-state index in [9.17, 15) is 18.0 Å². The van der Waals surface area contributed by atoms with Gasteiger partial charge in [0.05, 0.1) is 5.56 Å². The number of carbonyl (C=O) groups excluding carboxylic acids is 1. The number of benzene rings is 1. The molecule has 0 saturated carbocycles. The topological polar surface area (TPSA) is 35.5 Å². The van der Waals surface area contributed by atoms with E-state index in [0.717, 1.165) is 12.1 Å². The molecule has 0 N–H and O–H groups in total. The fraction of sp³-hybridized carbons (Fsp3) is 0.364. The summed E-state index contributed by atoms with van der Waals surface area (Å²) in [7, 11) is 1.37. The molecule has 17 heavy (non-hydrogen) atoms. The van der Waals surface area contributed by atoms with Crippen LogP contribution < -0.4 is 4.74 Å². The highest BCUT2D eigenvalue weighted by atomic mass is 19.4. The maximum atomic E-state index is 12.2. The number of methoxy groups -OCH3 is 1. The first-order chi connectivity index (χ1) is 7.93. The van der Waals surface area contributed by atoms with Crippen LogP contribution in [0.3, 0.4) is 0 Å². The van der Waals surface area contributed by atoms with Crippen molar-refractivity contribution < 1.29 is 27.4 Å². The van der Waals surface area contributed by atoms with E-state index in [4.69, 9.17) is 4.74 Å². The van der Waals surface area contributed by atoms with Gasteiger partial charge in [0.2, 0.25) is 0 Å². The lowest BCUT2D eigenvalue weighted by Gasteiger charge is -2.08. The molecule has 3 nitrogen and oxygen atoms in total. The Bertz CT molecular complexity index is 371. The fourth-order valence-corrected chi connectivity index (χ4v) is 1.11. The van der Waals surface area contributed by atoms with Crippen molar-refractivity contribution in [2.75, 3.05) is 20.3 Å². The van der Waals surface area contributed by atoms with Gasteiger partial charge in [-0.05, 0) is 24.3 Å². The third-order valence-electron chi connectivity index (χ3n) is 1.89. The summed E-state index contributed by atoms with van der Waals surface area (Å²) in [5, 5.41) is 0. The van der Waals surface area contributed by atoms with Crippen molar-refractivity contribution in [3.63, 3.8) is 0 Å². The van der Waals surface area contributed by atoms with Crippen LogP contribution in [0.15, 0.2) is 24.3 Å². The van der Waals surface area contributed by atoms with Crippen molar-refractivity contribution in [1.29, 1.82) is 0 Å². The summed E-state index contributed by atoms with van der Waals surface area (Å²) in [5.41, 5.74) is -0.756. The Morgan fingerprint density at radius 1 is 1.18 bits per heavy atom. The van der Waals surface area contributed by atoms with Crippen LogP contribution in [0, 0.1) is 0 Å². The van der Waals surface area contributed by atoms with Gasteiger partial charge in [-0.2, -0.15) is 13.2 Å². The number of Topliss-reactive ketones (excluding diaryl/α,β-unsaturated/α-hetero) is 1. The zero-order valence-electron chi connectivity index (χ0n) is 9.08. The number of alkyl halides is 3. The normalized spacial score (nSPS) is 11.3. The van der Waals surface area contributed by atoms with Crippen LogP contribution in [0.2, 0.25) is 0 Å². The molecule has 0 radical (unpaired) electrons. The van der Waals surface area contributed by atoms with Gasteiger partial charge in [0.25, 0.3) is 0 Å². The Balaban J connectivity index is 2.54. The summed E-state index contributed by atoms with van der Waals surface area (Å²) < 4.78 is 46.2. The second-order valence-corrected chi connectivity index (χ2v) is 3.28. The van der Waals surface area contributed by atoms with Crippen molar-refractivity contribution >= 4 is 5.78 Å². The molecule has 0 aliphatic rings. The molecule has 6 heteroatoms. The first-order valence-corrected chi connectivity index (χ1v) is 4.74. The highest BCUT2D eigenvalue weighted by Crippen LogP contribution is 2.30. The zero-order valence-corrected chi connectivity index (χ0v) is 9.08. The molecule has 1 aromatic carbocycles. The Morgan fingerprint density at radius 2 is 1.76 bits per heavy atom. The summed E-state index contributed by atoms with van der Waals surface area (Å²) in [4.78, 5) is 11.0. The predicted octanol–water partition coefficient (Wildman–Crippen LogP) is 2.30. The van der Waals surface area contributed by atoms with Crippen molar-refractivity contribution in [2.24, 2.45) is 0 Å². The van der Waals surface area contributed by atoms with Crippen LogP contribution in [0.25, 0.3) is 0 Å². The zero-order chi connectivity index (χ0) is 12.9. The van der Waals surface area contributed by atoms with Gasteiger partial charge in [-0.1, -0.05) is 0 Å². The summed E-state index contributed by atoms with van der Waals surface area (Å²) in [6.45, 7) is -0.306. The van der Waals surface area contributed by atoms with Crippen LogP contribution in [-0.2, 0) is 15.7 Å². The van der Waals surface area contributed by atoms with E-state index in [2.05, 4.69) is 4.74 Å². The molecule has 0 spiro atoms. The lowest BCUT2D eigenvalue weighted by atomic mass is 10.2. The molecular weight excluding hydrogens is 237 g/mol. The first kappa shape index (κ1) is 13.5. The molecule has 94 valence electrons. The smallest absolute Gasteiger partial charge is 0.416 e. The van der Waals surface area contributed by atoms with Crippen LogP contribution in [0.1, 0.15) is 5.56 Å². The lowest BCUT2D eigenvalue weighted by Crippen LogP contribution is -2.16. The number of carbonyl (C=O) groups is 1. The van der Waals surface area contributed by atoms with Gasteiger partial charge >= 0.3 is 6.18 Å². The molecule has 0 amide bonds. The van der Waals surface area contributed by atoms with Gasteiger partial charge in [0.15, 0.2) is 5.78 Å². The molecule has 1 aromatic rings. The van der Waals surface area contributed by atoms with Crippen molar-refractivity contribution in [3.05, 3.63) is 29.8 Å². The van der Waals surface area contributed by atoms with Gasteiger partial charge in [-0.15, -0.1) is 0 Å². The van der Waals surface area contributed by atoms with Gasteiger partial charge < -0.3 is 9.47 Å². The molecule has 0 bridgehead atoms. The summed E-state index contributed by atoms with van der Waals surface area (Å²) in [6.07, 6.45) is -4.37. The minimum atomic E-state index is -4.37. The monoisotopic (exact) mass is 248 g/mol. The van der Waals surface area contributed by atoms with Crippen LogP contribution in [0.4, 0.5) is 13.2 Å². The lowest BCUT2D eigenvalue weighted by molar-refractivity contribution is -0.137. The molecule has 0 aromatic heterocycles. The number of hydrogen-bond acceptors (Lipinski definition) is 3. The number of ketones is 1. The minimum absolute atomic E-state index is 0.0827. The number of halogens is 3. The standard InChI is InChI=1S/C11H11F3O3/c1-16-6-9(15)7-17-10-4-2-8(3-5-10)11(12,13)14/h2-5H,6-7H2,1H3. The van der Waals surface area contributed by atoms with E-state index >= 15 is 0 Å². The highest BCUT2D eigenvalue weighted by molar-refractivity contribution is 5.81. The van der Waals surface area contributed by atoms with Crippen LogP contribution in [0.5, 0.6) is 5.75 Å². The van der Waals surface area contributed by atoms with Crippen molar-refractivity contribution in [1.82, 2.24) is 0 Å². The number of rotatable bonds is 5. The quantitative estimate of drug-likeness (QED) is 0.802. The molecule has 0 atom stereocenters. The molecule has 0 heterocycles. The molecular formula is C11H11F3O3. The van der Waals surface area contributed by atoms with E-state index in [1.807, 2.05) is 0 Å². The maximum absolute atomic E-state index is 12.2. The molecule has 1 rings (SSSR count). The third-order valence-corrected chi connectivity index (χ3v) is 1.89. The van der Waals surface area contributed by atoms with E-state index < -0.39 is 11.7 Å². The first-order valence-electron chi connectivity index (χ1n) is 4.74. The average Bonchev–Trinajstić information content (AvgIpc) is 2.26. The molecule has 0 fully saturated rings. The molecule has 0 saturated heterocycles. The molecule has 0 aliphatic heterocycles.